The lowest BCUT2D eigenvalue weighted by Gasteiger charge is -2.19. The van der Waals surface area contributed by atoms with E-state index in [0.29, 0.717) is 16.9 Å². The van der Waals surface area contributed by atoms with E-state index in [2.05, 4.69) is 6.07 Å². The molecule has 4 heteroatoms. The summed E-state index contributed by atoms with van der Waals surface area (Å²) in [5.74, 6) is 0.193. The van der Waals surface area contributed by atoms with E-state index in [-0.39, 0.29) is 5.97 Å². The van der Waals surface area contributed by atoms with Crippen LogP contribution in [0.15, 0.2) is 42.5 Å². The van der Waals surface area contributed by atoms with Crippen LogP contribution < -0.4 is 4.74 Å². The van der Waals surface area contributed by atoms with Crippen molar-refractivity contribution in [1.82, 2.24) is 0 Å². The minimum Gasteiger partial charge on any atom is -0.495 e. The minimum atomic E-state index is -0.520. The van der Waals surface area contributed by atoms with Crippen LogP contribution in [0, 0.1) is 11.3 Å². The van der Waals surface area contributed by atoms with E-state index < -0.39 is 5.60 Å². The summed E-state index contributed by atoms with van der Waals surface area (Å²) < 4.78 is 10.5. The molecular formula is C19H19NO3. The summed E-state index contributed by atoms with van der Waals surface area (Å²) in [5, 5.41) is 9.15. The van der Waals surface area contributed by atoms with Gasteiger partial charge < -0.3 is 9.47 Å². The monoisotopic (exact) mass is 309 g/mol. The number of benzene rings is 2. The normalized spacial score (nSPS) is 10.7. The first-order valence-electron chi connectivity index (χ1n) is 7.26. The average Bonchev–Trinajstić information content (AvgIpc) is 2.52. The maximum absolute atomic E-state index is 12.0. The number of nitriles is 1. The number of carbonyl (C=O) groups excluding carboxylic acids is 1. The maximum atomic E-state index is 12.0. The van der Waals surface area contributed by atoms with Crippen molar-refractivity contribution in [3.63, 3.8) is 0 Å². The van der Waals surface area contributed by atoms with Crippen molar-refractivity contribution in [2.45, 2.75) is 26.4 Å². The first-order chi connectivity index (χ1) is 10.8. The second kappa shape index (κ2) is 6.53. The van der Waals surface area contributed by atoms with Crippen LogP contribution in [-0.2, 0) is 4.74 Å². The highest BCUT2D eigenvalue weighted by atomic mass is 16.6. The quantitative estimate of drug-likeness (QED) is 0.798. The summed E-state index contributed by atoms with van der Waals surface area (Å²) in [6, 6.07) is 14.6. The predicted molar refractivity (Wildman–Crippen MR) is 88.3 cm³/mol. The Bertz CT molecular complexity index is 750. The summed E-state index contributed by atoms with van der Waals surface area (Å²) in [5.41, 5.74) is 2.25. The number of hydrogen-bond donors (Lipinski definition) is 0. The Morgan fingerprint density at radius 3 is 2.17 bits per heavy atom. The van der Waals surface area contributed by atoms with E-state index in [0.717, 1.165) is 11.1 Å². The molecule has 0 fully saturated rings. The maximum Gasteiger partial charge on any atom is 0.338 e. The van der Waals surface area contributed by atoms with Gasteiger partial charge in [-0.25, -0.2) is 4.79 Å². The molecule has 118 valence electrons. The molecule has 0 N–H and O–H groups in total. The summed E-state index contributed by atoms with van der Waals surface area (Å²) in [6.07, 6.45) is 0. The number of methoxy groups -OCH3 is 1. The molecule has 0 saturated heterocycles. The summed E-state index contributed by atoms with van der Waals surface area (Å²) >= 11 is 0. The van der Waals surface area contributed by atoms with E-state index in [1.807, 2.05) is 39.0 Å². The number of esters is 1. The van der Waals surface area contributed by atoms with Gasteiger partial charge in [0.2, 0.25) is 0 Å². The third-order valence-electron chi connectivity index (χ3n) is 3.17. The molecule has 2 aromatic carbocycles. The molecule has 0 spiro atoms. The van der Waals surface area contributed by atoms with Gasteiger partial charge in [-0.15, -0.1) is 0 Å². The molecule has 0 heterocycles. The highest BCUT2D eigenvalue weighted by molar-refractivity contribution is 5.90. The molecule has 0 bridgehead atoms. The second-order valence-electron chi connectivity index (χ2n) is 6.11. The number of carbonyl (C=O) groups is 1. The van der Waals surface area contributed by atoms with Crippen LogP contribution >= 0.6 is 0 Å². The van der Waals surface area contributed by atoms with Gasteiger partial charge in [-0.3, -0.25) is 0 Å². The number of ether oxygens (including phenoxy) is 2. The molecule has 2 aromatic rings. The zero-order valence-electron chi connectivity index (χ0n) is 13.7. The van der Waals surface area contributed by atoms with Crippen LogP contribution in [0.4, 0.5) is 0 Å². The molecule has 0 aromatic heterocycles. The van der Waals surface area contributed by atoms with Crippen molar-refractivity contribution in [2.24, 2.45) is 0 Å². The van der Waals surface area contributed by atoms with Crippen LogP contribution in [0.5, 0.6) is 5.75 Å². The van der Waals surface area contributed by atoms with Gasteiger partial charge in [0, 0.05) is 0 Å². The summed E-state index contributed by atoms with van der Waals surface area (Å²) in [7, 11) is 1.53. The molecule has 0 aliphatic heterocycles. The van der Waals surface area contributed by atoms with Crippen LogP contribution in [0.1, 0.15) is 36.7 Å². The molecule has 0 atom stereocenters. The van der Waals surface area contributed by atoms with E-state index in [4.69, 9.17) is 14.7 Å². The van der Waals surface area contributed by atoms with Crippen molar-refractivity contribution in [3.05, 3.63) is 53.6 Å². The lowest BCUT2D eigenvalue weighted by atomic mass is 10.0. The van der Waals surface area contributed by atoms with Crippen LogP contribution in [-0.4, -0.2) is 18.7 Å². The van der Waals surface area contributed by atoms with E-state index in [1.165, 1.54) is 7.11 Å². The Hall–Kier alpha value is -2.80. The highest BCUT2D eigenvalue weighted by Gasteiger charge is 2.17. The Kier molecular flexibility index (Phi) is 4.71. The second-order valence-corrected chi connectivity index (χ2v) is 6.11. The van der Waals surface area contributed by atoms with Crippen molar-refractivity contribution in [1.29, 1.82) is 5.26 Å². The van der Waals surface area contributed by atoms with Gasteiger partial charge in [0.1, 0.15) is 17.4 Å². The number of hydrogen-bond acceptors (Lipinski definition) is 4. The smallest absolute Gasteiger partial charge is 0.338 e. The fourth-order valence-corrected chi connectivity index (χ4v) is 2.11. The standard InChI is InChI=1S/C19H19NO3/c1-19(2,3)23-18(21)14-7-5-13(6-8-14)15-9-10-17(22-4)16(11-15)12-20/h5-11H,1-4H3. The Labute approximate surface area is 136 Å². The van der Waals surface area contributed by atoms with Gasteiger partial charge in [0.25, 0.3) is 0 Å². The first-order valence-corrected chi connectivity index (χ1v) is 7.26. The molecule has 0 amide bonds. The third kappa shape index (κ3) is 4.10. The predicted octanol–water partition coefficient (Wildman–Crippen LogP) is 4.19. The number of nitrogens with zero attached hydrogens (tertiary/aromatic N) is 1. The Morgan fingerprint density at radius 2 is 1.65 bits per heavy atom. The molecule has 0 unspecified atom stereocenters. The molecule has 23 heavy (non-hydrogen) atoms. The van der Waals surface area contributed by atoms with Gasteiger partial charge in [-0.1, -0.05) is 18.2 Å². The molecule has 4 nitrogen and oxygen atoms in total. The molecule has 0 aliphatic rings. The minimum absolute atomic E-state index is 0.350. The molecule has 2 rings (SSSR count). The molecule has 0 saturated carbocycles. The molecule has 0 aliphatic carbocycles. The van der Waals surface area contributed by atoms with Gasteiger partial charge >= 0.3 is 5.97 Å². The van der Waals surface area contributed by atoms with Gasteiger partial charge in [-0.2, -0.15) is 5.26 Å². The van der Waals surface area contributed by atoms with Crippen LogP contribution in [0.2, 0.25) is 0 Å². The fraction of sp³-hybridized carbons (Fsp3) is 0.263. The summed E-state index contributed by atoms with van der Waals surface area (Å²) in [6.45, 7) is 5.50. The van der Waals surface area contributed by atoms with Crippen LogP contribution in [0.25, 0.3) is 11.1 Å². The van der Waals surface area contributed by atoms with Gasteiger partial charge in [-0.05, 0) is 56.2 Å². The summed E-state index contributed by atoms with van der Waals surface area (Å²) in [4.78, 5) is 12.0. The zero-order chi connectivity index (χ0) is 17.0. The van der Waals surface area contributed by atoms with Crippen molar-refractivity contribution in [2.75, 3.05) is 7.11 Å². The lowest BCUT2D eigenvalue weighted by molar-refractivity contribution is 0.00696. The van der Waals surface area contributed by atoms with E-state index >= 15 is 0 Å². The Morgan fingerprint density at radius 1 is 1.04 bits per heavy atom. The number of rotatable bonds is 3. The molecule has 0 radical (unpaired) electrons. The SMILES string of the molecule is COc1ccc(-c2ccc(C(=O)OC(C)(C)C)cc2)cc1C#N. The largest absolute Gasteiger partial charge is 0.495 e. The van der Waals surface area contributed by atoms with Crippen molar-refractivity contribution >= 4 is 5.97 Å². The Balaban J connectivity index is 2.27. The fourth-order valence-electron chi connectivity index (χ4n) is 2.11. The van der Waals surface area contributed by atoms with Crippen molar-refractivity contribution in [3.8, 4) is 22.9 Å². The lowest BCUT2D eigenvalue weighted by Crippen LogP contribution is -2.23. The molecular weight excluding hydrogens is 290 g/mol. The van der Waals surface area contributed by atoms with E-state index in [9.17, 15) is 4.79 Å². The topological polar surface area (TPSA) is 59.3 Å². The third-order valence-corrected chi connectivity index (χ3v) is 3.17. The highest BCUT2D eigenvalue weighted by Crippen LogP contribution is 2.26. The van der Waals surface area contributed by atoms with Gasteiger partial charge in [0.15, 0.2) is 0 Å². The van der Waals surface area contributed by atoms with Crippen molar-refractivity contribution < 1.29 is 14.3 Å². The van der Waals surface area contributed by atoms with Crippen LogP contribution in [0.3, 0.4) is 0 Å². The zero-order valence-corrected chi connectivity index (χ0v) is 13.7. The van der Waals surface area contributed by atoms with Gasteiger partial charge in [0.05, 0.1) is 18.2 Å². The van der Waals surface area contributed by atoms with E-state index in [1.54, 1.807) is 24.3 Å². The first kappa shape index (κ1) is 16.6. The average molecular weight is 309 g/mol.